The van der Waals surface area contributed by atoms with Crippen LogP contribution in [0.3, 0.4) is 0 Å². The molecular weight excluding hydrogens is 292 g/mol. The molecule has 0 saturated heterocycles. The molecule has 2 heterocycles. The van der Waals surface area contributed by atoms with E-state index in [-0.39, 0.29) is 12.5 Å². The number of esters is 1. The van der Waals surface area contributed by atoms with Gasteiger partial charge < -0.3 is 9.30 Å². The lowest BCUT2D eigenvalue weighted by Gasteiger charge is -2.08. The molecule has 0 radical (unpaired) electrons. The predicted molar refractivity (Wildman–Crippen MR) is 81.6 cm³/mol. The van der Waals surface area contributed by atoms with E-state index in [1.807, 2.05) is 11.6 Å². The van der Waals surface area contributed by atoms with Gasteiger partial charge in [-0.1, -0.05) is 13.3 Å². The second kappa shape index (κ2) is 6.93. The summed E-state index contributed by atoms with van der Waals surface area (Å²) in [4.78, 5) is 16.5. The van der Waals surface area contributed by atoms with Crippen LogP contribution in [0.5, 0.6) is 0 Å². The van der Waals surface area contributed by atoms with Gasteiger partial charge in [0.25, 0.3) is 0 Å². The Bertz CT molecular complexity index is 632. The third-order valence-electron chi connectivity index (χ3n) is 3.27. The lowest BCUT2D eigenvalue weighted by atomic mass is 10.2. The van der Waals surface area contributed by atoms with Gasteiger partial charge >= 0.3 is 5.97 Å². The van der Waals surface area contributed by atoms with Crippen molar-refractivity contribution < 1.29 is 9.53 Å². The number of aryl methyl sites for hydroxylation is 3. The Morgan fingerprint density at radius 2 is 2.10 bits per heavy atom. The fourth-order valence-corrected chi connectivity index (χ4v) is 2.64. The van der Waals surface area contributed by atoms with Crippen LogP contribution >= 0.6 is 11.6 Å². The average Bonchev–Trinajstić information content (AvgIpc) is 2.91. The van der Waals surface area contributed by atoms with Crippen LogP contribution in [0.15, 0.2) is 0 Å². The van der Waals surface area contributed by atoms with Gasteiger partial charge in [0.2, 0.25) is 0 Å². The van der Waals surface area contributed by atoms with Gasteiger partial charge in [-0.15, -0.1) is 11.6 Å². The molecule has 0 spiro atoms. The molecule has 0 aromatic carbocycles. The van der Waals surface area contributed by atoms with Crippen molar-refractivity contribution in [2.75, 3.05) is 12.5 Å². The summed E-state index contributed by atoms with van der Waals surface area (Å²) in [6.07, 6.45) is 2.48. The van der Waals surface area contributed by atoms with Gasteiger partial charge in [0.05, 0.1) is 12.3 Å². The lowest BCUT2D eigenvalue weighted by molar-refractivity contribution is -0.143. The highest BCUT2D eigenvalue weighted by Gasteiger charge is 2.20. The Kier molecular flexibility index (Phi) is 5.22. The number of hydrogen-bond donors (Lipinski definition) is 0. The Hall–Kier alpha value is -1.56. The number of halogens is 1. The van der Waals surface area contributed by atoms with E-state index in [0.29, 0.717) is 18.9 Å². The minimum Gasteiger partial charge on any atom is -0.465 e. The highest BCUT2D eigenvalue weighted by Crippen LogP contribution is 2.21. The summed E-state index contributed by atoms with van der Waals surface area (Å²) in [6.45, 7) is 4.41. The summed E-state index contributed by atoms with van der Waals surface area (Å²) in [6, 6.07) is 0. The fraction of sp³-hybridized carbons (Fsp3) is 0.643. The van der Waals surface area contributed by atoms with E-state index in [0.717, 1.165) is 35.5 Å². The van der Waals surface area contributed by atoms with Crippen molar-refractivity contribution in [3.8, 4) is 0 Å². The first-order valence-corrected chi connectivity index (χ1v) is 7.78. The molecule has 0 fully saturated rings. The topological polar surface area (TPSA) is 61.9 Å². The highest BCUT2D eigenvalue weighted by molar-refractivity contribution is 6.17. The van der Waals surface area contributed by atoms with E-state index < -0.39 is 0 Å². The highest BCUT2D eigenvalue weighted by atomic mass is 35.5. The summed E-state index contributed by atoms with van der Waals surface area (Å²) in [5.74, 6) is 0.993. The van der Waals surface area contributed by atoms with Crippen molar-refractivity contribution in [3.05, 3.63) is 11.5 Å². The van der Waals surface area contributed by atoms with E-state index in [2.05, 4.69) is 17.0 Å². The van der Waals surface area contributed by atoms with E-state index in [9.17, 15) is 4.79 Å². The van der Waals surface area contributed by atoms with Crippen LogP contribution in [0.4, 0.5) is 0 Å². The minimum atomic E-state index is -0.272. The molecule has 116 valence electrons. The van der Waals surface area contributed by atoms with Crippen LogP contribution in [0.25, 0.3) is 11.2 Å². The molecule has 2 rings (SSSR count). The molecule has 0 N–H and O–H groups in total. The Balaban J connectivity index is 2.48. The Labute approximate surface area is 129 Å². The van der Waals surface area contributed by atoms with Crippen LogP contribution in [0.1, 0.15) is 31.8 Å². The number of fused-ring (bicyclic) bond motifs is 1. The predicted octanol–water partition coefficient (Wildman–Crippen LogP) is 2.07. The summed E-state index contributed by atoms with van der Waals surface area (Å²) < 4.78 is 8.69. The van der Waals surface area contributed by atoms with Crippen LogP contribution in [0, 0.1) is 0 Å². The second-order valence-electron chi connectivity index (χ2n) is 4.85. The molecular formula is C14H21ClN4O2. The second-order valence-corrected chi connectivity index (χ2v) is 5.23. The number of alkyl halides is 1. The molecule has 0 amide bonds. The average molecular weight is 313 g/mol. The molecule has 0 saturated carbocycles. The SMILES string of the molecule is CCCc1nn(C)c2c1nc(CCCl)n2CC(=O)OCC. The summed E-state index contributed by atoms with van der Waals surface area (Å²) in [5.41, 5.74) is 2.68. The molecule has 0 unspecified atom stereocenters. The number of carbonyl (C=O) groups excluding carboxylic acids is 1. The zero-order valence-electron chi connectivity index (χ0n) is 12.7. The maximum atomic E-state index is 11.8. The molecule has 0 aliphatic heterocycles. The molecule has 0 aliphatic rings. The van der Waals surface area contributed by atoms with Gasteiger partial charge in [-0.3, -0.25) is 9.48 Å². The molecule has 2 aromatic heterocycles. The first-order valence-electron chi connectivity index (χ1n) is 7.24. The van der Waals surface area contributed by atoms with E-state index in [4.69, 9.17) is 16.3 Å². The zero-order valence-corrected chi connectivity index (χ0v) is 13.5. The number of imidazole rings is 1. The van der Waals surface area contributed by atoms with Crippen molar-refractivity contribution in [1.82, 2.24) is 19.3 Å². The van der Waals surface area contributed by atoms with Crippen molar-refractivity contribution >= 4 is 28.7 Å². The molecule has 7 heteroatoms. The van der Waals surface area contributed by atoms with E-state index in [1.54, 1.807) is 11.6 Å². The van der Waals surface area contributed by atoms with E-state index in [1.165, 1.54) is 0 Å². The van der Waals surface area contributed by atoms with Crippen LogP contribution in [-0.4, -0.2) is 37.8 Å². The maximum Gasteiger partial charge on any atom is 0.326 e. The number of carbonyl (C=O) groups is 1. The van der Waals surface area contributed by atoms with Gasteiger partial charge in [0, 0.05) is 19.3 Å². The molecule has 0 aliphatic carbocycles. The van der Waals surface area contributed by atoms with Gasteiger partial charge in [-0.05, 0) is 13.3 Å². The third kappa shape index (κ3) is 3.20. The monoisotopic (exact) mass is 312 g/mol. The van der Waals surface area contributed by atoms with Crippen molar-refractivity contribution in [3.63, 3.8) is 0 Å². The van der Waals surface area contributed by atoms with Gasteiger partial charge in [0.15, 0.2) is 5.65 Å². The Morgan fingerprint density at radius 1 is 1.33 bits per heavy atom. The van der Waals surface area contributed by atoms with Gasteiger partial charge in [0.1, 0.15) is 17.9 Å². The zero-order chi connectivity index (χ0) is 15.4. The van der Waals surface area contributed by atoms with Crippen molar-refractivity contribution in [1.29, 1.82) is 0 Å². The number of aromatic nitrogens is 4. The molecule has 0 bridgehead atoms. The van der Waals surface area contributed by atoms with Crippen molar-refractivity contribution in [2.24, 2.45) is 7.05 Å². The minimum absolute atomic E-state index is 0.141. The lowest BCUT2D eigenvalue weighted by Crippen LogP contribution is -2.17. The van der Waals surface area contributed by atoms with Crippen LogP contribution in [-0.2, 0) is 36.0 Å². The number of hydrogen-bond acceptors (Lipinski definition) is 4. The fourth-order valence-electron chi connectivity index (χ4n) is 2.47. The van der Waals surface area contributed by atoms with Gasteiger partial charge in [-0.25, -0.2) is 4.98 Å². The maximum absolute atomic E-state index is 11.8. The normalized spacial score (nSPS) is 11.2. The largest absolute Gasteiger partial charge is 0.465 e. The van der Waals surface area contributed by atoms with Crippen molar-refractivity contribution in [2.45, 2.75) is 39.7 Å². The number of rotatable bonds is 7. The van der Waals surface area contributed by atoms with Gasteiger partial charge in [-0.2, -0.15) is 5.10 Å². The summed E-state index contributed by atoms with van der Waals surface area (Å²) in [5, 5.41) is 4.50. The first-order chi connectivity index (χ1) is 10.1. The molecule has 6 nitrogen and oxygen atoms in total. The molecule has 2 aromatic rings. The quantitative estimate of drug-likeness (QED) is 0.580. The van der Waals surface area contributed by atoms with Crippen LogP contribution < -0.4 is 0 Å². The van der Waals surface area contributed by atoms with Crippen LogP contribution in [0.2, 0.25) is 0 Å². The summed E-state index contributed by atoms with van der Waals surface area (Å²) >= 11 is 5.85. The number of ether oxygens (including phenoxy) is 1. The standard InChI is InChI=1S/C14H21ClN4O2/c1-4-6-10-13-14(18(3)17-10)19(9-12(20)21-5-2)11(16-13)7-8-15/h4-9H2,1-3H3. The first kappa shape index (κ1) is 15.8. The number of nitrogens with zero attached hydrogens (tertiary/aromatic N) is 4. The smallest absolute Gasteiger partial charge is 0.326 e. The summed E-state index contributed by atoms with van der Waals surface area (Å²) in [7, 11) is 1.87. The molecule has 21 heavy (non-hydrogen) atoms. The van der Waals surface area contributed by atoms with E-state index >= 15 is 0 Å². The Morgan fingerprint density at radius 3 is 2.71 bits per heavy atom. The molecule has 0 atom stereocenters. The third-order valence-corrected chi connectivity index (χ3v) is 3.46.